The maximum atomic E-state index is 12.1. The second-order valence-corrected chi connectivity index (χ2v) is 5.08. The Morgan fingerprint density at radius 1 is 1.20 bits per heavy atom. The fourth-order valence-electron chi connectivity index (χ4n) is 2.39. The Kier molecular flexibility index (Phi) is 5.43. The number of amides is 1. The predicted molar refractivity (Wildman–Crippen MR) is 76.3 cm³/mol. The van der Waals surface area contributed by atoms with Crippen molar-refractivity contribution < 1.29 is 9.53 Å². The zero-order valence-corrected chi connectivity index (χ0v) is 11.7. The van der Waals surface area contributed by atoms with E-state index in [9.17, 15) is 4.79 Å². The molecule has 0 saturated carbocycles. The number of hydrogen-bond acceptors (Lipinski definition) is 3. The Labute approximate surface area is 120 Å². The largest absolute Gasteiger partial charge is 0.484 e. The van der Waals surface area contributed by atoms with Gasteiger partial charge in [-0.2, -0.15) is 5.26 Å². The number of benzene rings is 1. The van der Waals surface area contributed by atoms with Crippen LogP contribution >= 0.6 is 0 Å². The van der Waals surface area contributed by atoms with E-state index in [0.717, 1.165) is 25.9 Å². The molecule has 1 aliphatic rings. The maximum Gasteiger partial charge on any atom is 0.260 e. The molecule has 0 bridgehead atoms. The molecule has 0 unspecified atom stereocenters. The summed E-state index contributed by atoms with van der Waals surface area (Å²) in [6.07, 6.45) is 5.84. The molecule has 1 heterocycles. The summed E-state index contributed by atoms with van der Waals surface area (Å²) < 4.78 is 5.49. The molecule has 0 atom stereocenters. The van der Waals surface area contributed by atoms with E-state index < -0.39 is 0 Å². The molecule has 1 amide bonds. The van der Waals surface area contributed by atoms with Crippen LogP contribution in [0.25, 0.3) is 0 Å². The minimum Gasteiger partial charge on any atom is -0.484 e. The lowest BCUT2D eigenvalue weighted by Crippen LogP contribution is -2.37. The molecule has 20 heavy (non-hydrogen) atoms. The summed E-state index contributed by atoms with van der Waals surface area (Å²) in [5, 5.41) is 8.82. The van der Waals surface area contributed by atoms with Crippen LogP contribution in [-0.2, 0) is 4.79 Å². The van der Waals surface area contributed by atoms with Crippen molar-refractivity contribution in [3.8, 4) is 11.8 Å². The first-order valence-corrected chi connectivity index (χ1v) is 7.20. The number of carbonyl (C=O) groups is 1. The Morgan fingerprint density at radius 3 is 2.60 bits per heavy atom. The minimum absolute atomic E-state index is 0.0364. The molecular weight excluding hydrogens is 252 g/mol. The quantitative estimate of drug-likeness (QED) is 0.850. The molecule has 2 rings (SSSR count). The maximum absolute atomic E-state index is 12.1. The molecule has 1 aromatic carbocycles. The van der Waals surface area contributed by atoms with Gasteiger partial charge in [-0.15, -0.1) is 0 Å². The molecule has 0 aliphatic carbocycles. The van der Waals surface area contributed by atoms with Crippen molar-refractivity contribution in [3.05, 3.63) is 29.8 Å². The molecule has 1 aromatic rings. The first kappa shape index (κ1) is 14.4. The second-order valence-electron chi connectivity index (χ2n) is 5.08. The SMILES string of the molecule is N#Cc1cccc(OCC(=O)N2CCCCCCC2)c1. The predicted octanol–water partition coefficient (Wildman–Crippen LogP) is 2.73. The normalized spacial score (nSPS) is 15.8. The Balaban J connectivity index is 1.85. The fraction of sp³-hybridized carbons (Fsp3) is 0.500. The van der Waals surface area contributed by atoms with Crippen molar-refractivity contribution in [3.63, 3.8) is 0 Å². The third kappa shape index (κ3) is 4.27. The first-order chi connectivity index (χ1) is 9.79. The van der Waals surface area contributed by atoms with Gasteiger partial charge in [0.15, 0.2) is 6.61 Å². The van der Waals surface area contributed by atoms with Crippen molar-refractivity contribution in [1.29, 1.82) is 5.26 Å². The Morgan fingerprint density at radius 2 is 1.90 bits per heavy atom. The van der Waals surface area contributed by atoms with Gasteiger partial charge >= 0.3 is 0 Å². The average molecular weight is 272 g/mol. The average Bonchev–Trinajstić information content (AvgIpc) is 2.44. The van der Waals surface area contributed by atoms with Gasteiger partial charge in [-0.05, 0) is 31.0 Å². The highest BCUT2D eigenvalue weighted by Gasteiger charge is 2.15. The molecule has 1 saturated heterocycles. The first-order valence-electron chi connectivity index (χ1n) is 7.20. The highest BCUT2D eigenvalue weighted by Crippen LogP contribution is 2.14. The van der Waals surface area contributed by atoms with Crippen LogP contribution in [0.4, 0.5) is 0 Å². The van der Waals surface area contributed by atoms with Crippen molar-refractivity contribution in [2.24, 2.45) is 0 Å². The molecular formula is C16H20N2O2. The number of ether oxygens (including phenoxy) is 1. The van der Waals surface area contributed by atoms with Crippen molar-refractivity contribution >= 4 is 5.91 Å². The second kappa shape index (κ2) is 7.54. The van der Waals surface area contributed by atoms with Gasteiger partial charge in [-0.25, -0.2) is 0 Å². The van der Waals surface area contributed by atoms with Gasteiger partial charge in [0.05, 0.1) is 11.6 Å². The molecule has 106 valence electrons. The van der Waals surface area contributed by atoms with Crippen molar-refractivity contribution in [2.75, 3.05) is 19.7 Å². The third-order valence-electron chi connectivity index (χ3n) is 3.53. The number of rotatable bonds is 3. The Hall–Kier alpha value is -2.02. The standard InChI is InChI=1S/C16H20N2O2/c17-12-14-7-6-8-15(11-14)20-13-16(19)18-9-4-2-1-3-5-10-18/h6-8,11H,1-5,9-10,13H2. The summed E-state index contributed by atoms with van der Waals surface area (Å²) in [4.78, 5) is 14.0. The number of likely N-dealkylation sites (tertiary alicyclic amines) is 1. The van der Waals surface area contributed by atoms with Crippen LogP contribution in [0.2, 0.25) is 0 Å². The summed E-state index contributed by atoms with van der Waals surface area (Å²) in [5.41, 5.74) is 0.543. The van der Waals surface area contributed by atoms with E-state index in [1.807, 2.05) is 4.90 Å². The number of hydrogen-bond donors (Lipinski definition) is 0. The number of carbonyl (C=O) groups excluding carboxylic acids is 1. The highest BCUT2D eigenvalue weighted by atomic mass is 16.5. The fourth-order valence-corrected chi connectivity index (χ4v) is 2.39. The smallest absolute Gasteiger partial charge is 0.260 e. The summed E-state index contributed by atoms with van der Waals surface area (Å²) in [6, 6.07) is 8.95. The van der Waals surface area contributed by atoms with Crippen LogP contribution in [0, 0.1) is 11.3 Å². The van der Waals surface area contributed by atoms with Gasteiger partial charge < -0.3 is 9.64 Å². The van der Waals surface area contributed by atoms with Crippen molar-refractivity contribution in [2.45, 2.75) is 32.1 Å². The van der Waals surface area contributed by atoms with E-state index >= 15 is 0 Å². The lowest BCUT2D eigenvalue weighted by Gasteiger charge is -2.24. The minimum atomic E-state index is 0.0364. The zero-order chi connectivity index (χ0) is 14.2. The lowest BCUT2D eigenvalue weighted by molar-refractivity contribution is -0.133. The zero-order valence-electron chi connectivity index (χ0n) is 11.7. The number of nitrogens with zero attached hydrogens (tertiary/aromatic N) is 2. The van der Waals surface area contributed by atoms with Crippen LogP contribution in [0.15, 0.2) is 24.3 Å². The molecule has 1 fully saturated rings. The molecule has 0 N–H and O–H groups in total. The van der Waals surface area contributed by atoms with Crippen LogP contribution in [0.1, 0.15) is 37.7 Å². The van der Waals surface area contributed by atoms with Crippen LogP contribution < -0.4 is 4.74 Å². The van der Waals surface area contributed by atoms with Gasteiger partial charge in [0.2, 0.25) is 0 Å². The summed E-state index contributed by atoms with van der Waals surface area (Å²) >= 11 is 0. The van der Waals surface area contributed by atoms with Crippen molar-refractivity contribution in [1.82, 2.24) is 4.90 Å². The number of nitriles is 1. The molecule has 0 radical (unpaired) electrons. The molecule has 1 aliphatic heterocycles. The highest BCUT2D eigenvalue weighted by molar-refractivity contribution is 5.77. The Bertz CT molecular complexity index is 485. The van der Waals surface area contributed by atoms with Crippen LogP contribution in [0.3, 0.4) is 0 Å². The van der Waals surface area contributed by atoms with E-state index in [1.54, 1.807) is 24.3 Å². The summed E-state index contributed by atoms with van der Waals surface area (Å²) in [5.74, 6) is 0.610. The third-order valence-corrected chi connectivity index (χ3v) is 3.53. The van der Waals surface area contributed by atoms with Crippen LogP contribution in [0.5, 0.6) is 5.75 Å². The van der Waals surface area contributed by atoms with E-state index in [4.69, 9.17) is 10.00 Å². The topological polar surface area (TPSA) is 53.3 Å². The molecule has 4 heteroatoms. The monoisotopic (exact) mass is 272 g/mol. The lowest BCUT2D eigenvalue weighted by atomic mass is 10.1. The van der Waals surface area contributed by atoms with E-state index in [1.165, 1.54) is 19.3 Å². The van der Waals surface area contributed by atoms with E-state index in [-0.39, 0.29) is 12.5 Å². The summed E-state index contributed by atoms with van der Waals surface area (Å²) in [6.45, 7) is 1.72. The molecule has 0 aromatic heterocycles. The van der Waals surface area contributed by atoms with Crippen LogP contribution in [-0.4, -0.2) is 30.5 Å². The molecule has 0 spiro atoms. The molecule has 4 nitrogen and oxygen atoms in total. The van der Waals surface area contributed by atoms with E-state index in [0.29, 0.717) is 11.3 Å². The van der Waals surface area contributed by atoms with Gasteiger partial charge in [0, 0.05) is 13.1 Å². The van der Waals surface area contributed by atoms with Gasteiger partial charge in [0.25, 0.3) is 5.91 Å². The van der Waals surface area contributed by atoms with Gasteiger partial charge in [-0.3, -0.25) is 4.79 Å². The van der Waals surface area contributed by atoms with Gasteiger partial charge in [-0.1, -0.05) is 25.3 Å². The summed E-state index contributed by atoms with van der Waals surface area (Å²) in [7, 11) is 0. The van der Waals surface area contributed by atoms with E-state index in [2.05, 4.69) is 6.07 Å². The van der Waals surface area contributed by atoms with Gasteiger partial charge in [0.1, 0.15) is 5.75 Å².